The highest BCUT2D eigenvalue weighted by molar-refractivity contribution is 5.78. The highest BCUT2D eigenvalue weighted by Gasteiger charge is 2.10. The molecule has 1 aromatic rings. The number of carbonyl (C=O) groups is 2. The maximum atomic E-state index is 11.7. The molecule has 0 saturated heterocycles. The molecule has 0 saturated carbocycles. The van der Waals surface area contributed by atoms with E-state index >= 15 is 0 Å². The summed E-state index contributed by atoms with van der Waals surface area (Å²) in [6.07, 6.45) is 8.79. The first-order valence-corrected chi connectivity index (χ1v) is 7.23. The molecule has 20 heavy (non-hydrogen) atoms. The van der Waals surface area contributed by atoms with Crippen molar-refractivity contribution in [3.63, 3.8) is 0 Å². The van der Waals surface area contributed by atoms with Gasteiger partial charge in [0.2, 0.25) is 0 Å². The van der Waals surface area contributed by atoms with Crippen molar-refractivity contribution in [3.05, 3.63) is 30.1 Å². The summed E-state index contributed by atoms with van der Waals surface area (Å²) >= 11 is 0. The second kappa shape index (κ2) is 9.23. The number of hydrogen-bond acceptors (Lipinski definition) is 3. The molecule has 110 valence electrons. The molecule has 0 aromatic carbocycles. The van der Waals surface area contributed by atoms with Crippen molar-refractivity contribution in [2.45, 2.75) is 51.9 Å². The van der Waals surface area contributed by atoms with Crippen LogP contribution in [0.3, 0.4) is 0 Å². The lowest BCUT2D eigenvalue weighted by Gasteiger charge is -2.05. The number of carbonyl (C=O) groups excluding carboxylic acids is 1. The van der Waals surface area contributed by atoms with Crippen LogP contribution in [-0.2, 0) is 16.0 Å². The third-order valence-corrected chi connectivity index (χ3v) is 3.43. The van der Waals surface area contributed by atoms with Gasteiger partial charge in [0.1, 0.15) is 5.78 Å². The van der Waals surface area contributed by atoms with Crippen LogP contribution >= 0.6 is 0 Å². The van der Waals surface area contributed by atoms with Crippen molar-refractivity contribution in [3.8, 4) is 0 Å². The van der Waals surface area contributed by atoms with Crippen LogP contribution in [0.15, 0.2) is 24.5 Å². The van der Waals surface area contributed by atoms with Gasteiger partial charge in [0.05, 0.1) is 5.92 Å². The van der Waals surface area contributed by atoms with E-state index in [9.17, 15) is 9.59 Å². The minimum absolute atomic E-state index is 0.278. The quantitative estimate of drug-likeness (QED) is 0.667. The van der Waals surface area contributed by atoms with Crippen molar-refractivity contribution in [1.29, 1.82) is 0 Å². The molecule has 1 aromatic heterocycles. The number of rotatable bonds is 10. The Hall–Kier alpha value is -1.71. The van der Waals surface area contributed by atoms with E-state index < -0.39 is 5.97 Å². The van der Waals surface area contributed by atoms with Gasteiger partial charge in [-0.2, -0.15) is 0 Å². The first kappa shape index (κ1) is 16.3. The van der Waals surface area contributed by atoms with Gasteiger partial charge in [0.15, 0.2) is 0 Å². The van der Waals surface area contributed by atoms with E-state index in [1.165, 1.54) is 0 Å². The Morgan fingerprint density at radius 2 is 2.05 bits per heavy atom. The van der Waals surface area contributed by atoms with Gasteiger partial charge in [-0.15, -0.1) is 0 Å². The molecular formula is C16H23NO3. The van der Waals surface area contributed by atoms with E-state index in [4.69, 9.17) is 5.11 Å². The smallest absolute Gasteiger partial charge is 0.306 e. The summed E-state index contributed by atoms with van der Waals surface area (Å²) in [6.45, 7) is 1.72. The van der Waals surface area contributed by atoms with Gasteiger partial charge < -0.3 is 5.11 Å². The lowest BCUT2D eigenvalue weighted by Crippen LogP contribution is -2.09. The zero-order valence-electron chi connectivity index (χ0n) is 12.0. The minimum atomic E-state index is -0.738. The van der Waals surface area contributed by atoms with Gasteiger partial charge in [-0.3, -0.25) is 14.6 Å². The van der Waals surface area contributed by atoms with Crippen molar-refractivity contribution in [2.24, 2.45) is 5.92 Å². The number of unbranched alkanes of at least 4 members (excludes halogenated alkanes) is 2. The molecule has 0 spiro atoms. The molecule has 4 heteroatoms. The largest absolute Gasteiger partial charge is 0.481 e. The van der Waals surface area contributed by atoms with Crippen LogP contribution in [0.4, 0.5) is 0 Å². The summed E-state index contributed by atoms with van der Waals surface area (Å²) < 4.78 is 0. The number of aryl methyl sites for hydroxylation is 1. The van der Waals surface area contributed by atoms with Crippen LogP contribution in [0.5, 0.6) is 0 Å². The molecule has 1 rings (SSSR count). The lowest BCUT2D eigenvalue weighted by atomic mass is 10.0. The molecule has 0 amide bonds. The minimum Gasteiger partial charge on any atom is -0.481 e. The maximum absolute atomic E-state index is 11.7. The molecule has 1 N–H and O–H groups in total. The Bertz CT molecular complexity index is 417. The van der Waals surface area contributed by atoms with Gasteiger partial charge >= 0.3 is 5.97 Å². The number of hydrogen-bond donors (Lipinski definition) is 1. The topological polar surface area (TPSA) is 67.3 Å². The molecule has 4 nitrogen and oxygen atoms in total. The summed E-state index contributed by atoms with van der Waals surface area (Å²) in [4.78, 5) is 26.4. The number of aromatic nitrogens is 1. The van der Waals surface area contributed by atoms with Gasteiger partial charge in [-0.05, 0) is 30.9 Å². The predicted octanol–water partition coefficient (Wildman–Crippen LogP) is 3.25. The van der Waals surface area contributed by atoms with Gasteiger partial charge in [0, 0.05) is 25.2 Å². The number of carboxylic acid groups (broad SMARTS) is 1. The van der Waals surface area contributed by atoms with Crippen molar-refractivity contribution in [1.82, 2.24) is 4.98 Å². The van der Waals surface area contributed by atoms with Gasteiger partial charge in [-0.1, -0.05) is 25.8 Å². The van der Waals surface area contributed by atoms with E-state index in [1.54, 1.807) is 19.3 Å². The summed E-state index contributed by atoms with van der Waals surface area (Å²) in [7, 11) is 0. The molecule has 0 aliphatic rings. The molecule has 0 aliphatic carbocycles. The number of carboxylic acids is 1. The van der Waals surface area contributed by atoms with Crippen LogP contribution in [-0.4, -0.2) is 21.8 Å². The Balaban J connectivity index is 2.05. The van der Waals surface area contributed by atoms with E-state index in [-0.39, 0.29) is 11.7 Å². The Morgan fingerprint density at radius 3 is 2.70 bits per heavy atom. The molecule has 0 radical (unpaired) electrons. The average molecular weight is 277 g/mol. The number of pyridine rings is 1. The predicted molar refractivity (Wildman–Crippen MR) is 77.4 cm³/mol. The first-order valence-electron chi connectivity index (χ1n) is 7.23. The molecule has 0 unspecified atom stereocenters. The van der Waals surface area contributed by atoms with E-state index in [1.807, 2.05) is 12.1 Å². The zero-order valence-corrected chi connectivity index (χ0v) is 12.0. The Morgan fingerprint density at radius 1 is 1.25 bits per heavy atom. The van der Waals surface area contributed by atoms with Crippen LogP contribution in [0.1, 0.15) is 51.0 Å². The van der Waals surface area contributed by atoms with Crippen molar-refractivity contribution in [2.75, 3.05) is 0 Å². The second-order valence-corrected chi connectivity index (χ2v) is 5.24. The molecule has 0 aliphatic heterocycles. The third kappa shape index (κ3) is 7.02. The van der Waals surface area contributed by atoms with Crippen molar-refractivity contribution >= 4 is 11.8 Å². The van der Waals surface area contributed by atoms with E-state index in [2.05, 4.69) is 4.98 Å². The van der Waals surface area contributed by atoms with Crippen LogP contribution in [0.25, 0.3) is 0 Å². The van der Waals surface area contributed by atoms with E-state index in [0.717, 1.165) is 31.2 Å². The van der Waals surface area contributed by atoms with Gasteiger partial charge in [0.25, 0.3) is 0 Å². The van der Waals surface area contributed by atoms with Crippen LogP contribution in [0.2, 0.25) is 0 Å². The number of Topliss-reactive ketones (excluding diaryl/α,β-unsaturated/α-hetero) is 1. The highest BCUT2D eigenvalue weighted by atomic mass is 16.4. The highest BCUT2D eigenvalue weighted by Crippen LogP contribution is 2.12. The average Bonchev–Trinajstić information content (AvgIpc) is 2.45. The fraction of sp³-hybridized carbons (Fsp3) is 0.562. The fourth-order valence-corrected chi connectivity index (χ4v) is 2.03. The molecular weight excluding hydrogens is 254 g/mol. The molecule has 0 fully saturated rings. The first-order chi connectivity index (χ1) is 9.59. The summed E-state index contributed by atoms with van der Waals surface area (Å²) in [5, 5.41) is 8.75. The van der Waals surface area contributed by atoms with E-state index in [0.29, 0.717) is 19.3 Å². The van der Waals surface area contributed by atoms with Gasteiger partial charge in [-0.25, -0.2) is 0 Å². The zero-order chi connectivity index (χ0) is 14.8. The molecule has 1 atom stereocenters. The Labute approximate surface area is 120 Å². The lowest BCUT2D eigenvalue weighted by molar-refractivity contribution is -0.141. The second-order valence-electron chi connectivity index (χ2n) is 5.24. The fourth-order valence-electron chi connectivity index (χ4n) is 2.03. The molecule has 0 bridgehead atoms. The van der Waals surface area contributed by atoms with Crippen LogP contribution in [0, 0.1) is 5.92 Å². The normalized spacial score (nSPS) is 12.1. The maximum Gasteiger partial charge on any atom is 0.306 e. The standard InChI is InChI=1S/C16H23NO3/c1-13(16(19)20)6-3-2-4-8-15(18)10-9-14-7-5-11-17-12-14/h5,7,11-13H,2-4,6,8-10H2,1H3,(H,19,20)/t13-/m0/s1. The summed E-state index contributed by atoms with van der Waals surface area (Å²) in [6, 6.07) is 3.86. The number of aliphatic carboxylic acids is 1. The molecule has 1 heterocycles. The SMILES string of the molecule is C[C@@H](CCCCCC(=O)CCc1cccnc1)C(=O)O. The monoisotopic (exact) mass is 277 g/mol. The number of ketones is 1. The Kier molecular flexibility index (Phi) is 7.55. The summed E-state index contributed by atoms with van der Waals surface area (Å²) in [5.41, 5.74) is 1.09. The van der Waals surface area contributed by atoms with Crippen LogP contribution < -0.4 is 0 Å². The third-order valence-electron chi connectivity index (χ3n) is 3.43. The summed E-state index contributed by atoms with van der Waals surface area (Å²) in [5.74, 6) is -0.742. The number of nitrogens with zero attached hydrogens (tertiary/aromatic N) is 1. The van der Waals surface area contributed by atoms with Crippen molar-refractivity contribution < 1.29 is 14.7 Å².